The summed E-state index contributed by atoms with van der Waals surface area (Å²) >= 11 is 1.87. The van der Waals surface area contributed by atoms with Crippen molar-refractivity contribution in [1.29, 1.82) is 0 Å². The number of furan rings is 1. The first-order valence-electron chi connectivity index (χ1n) is 6.13. The highest BCUT2D eigenvalue weighted by molar-refractivity contribution is 7.11. The molecule has 0 aliphatic carbocycles. The third-order valence-electron chi connectivity index (χ3n) is 2.72. The second-order valence-corrected chi connectivity index (χ2v) is 5.84. The average Bonchev–Trinajstić information content (AvgIpc) is 2.89. The molecule has 0 fully saturated rings. The Morgan fingerprint density at radius 2 is 1.94 bits per heavy atom. The molecule has 0 aliphatic heterocycles. The Hall–Kier alpha value is -1.10. The van der Waals surface area contributed by atoms with Gasteiger partial charge in [0.1, 0.15) is 11.5 Å². The maximum Gasteiger partial charge on any atom is 0.118 e. The van der Waals surface area contributed by atoms with Gasteiger partial charge in [0.05, 0.1) is 6.54 Å². The Morgan fingerprint density at radius 1 is 1.17 bits per heavy atom. The normalized spacial score (nSPS) is 11.3. The summed E-state index contributed by atoms with van der Waals surface area (Å²) in [5, 5.41) is 3.18. The second kappa shape index (κ2) is 6.18. The van der Waals surface area contributed by atoms with Gasteiger partial charge in [-0.3, -0.25) is 4.90 Å². The summed E-state index contributed by atoms with van der Waals surface area (Å²) < 4.78 is 5.59. The Labute approximate surface area is 112 Å². The Kier molecular flexibility index (Phi) is 4.58. The summed E-state index contributed by atoms with van der Waals surface area (Å²) in [6, 6.07) is 8.47. The van der Waals surface area contributed by atoms with Crippen molar-refractivity contribution in [3.05, 3.63) is 45.5 Å². The molecule has 98 valence electrons. The van der Waals surface area contributed by atoms with Crippen LogP contribution in [0.1, 0.15) is 21.3 Å². The van der Waals surface area contributed by atoms with Crippen LogP contribution in [0.25, 0.3) is 0 Å². The molecule has 0 radical (unpaired) electrons. The van der Waals surface area contributed by atoms with Gasteiger partial charge in [-0.1, -0.05) is 0 Å². The molecule has 18 heavy (non-hydrogen) atoms. The van der Waals surface area contributed by atoms with Crippen LogP contribution in [-0.4, -0.2) is 19.0 Å². The first-order valence-corrected chi connectivity index (χ1v) is 6.95. The van der Waals surface area contributed by atoms with E-state index in [1.807, 2.05) is 37.4 Å². The van der Waals surface area contributed by atoms with Gasteiger partial charge < -0.3 is 9.73 Å². The monoisotopic (exact) mass is 264 g/mol. The molecule has 4 heteroatoms. The van der Waals surface area contributed by atoms with Crippen molar-refractivity contribution in [1.82, 2.24) is 10.2 Å². The summed E-state index contributed by atoms with van der Waals surface area (Å²) in [7, 11) is 4.10. The summed E-state index contributed by atoms with van der Waals surface area (Å²) in [6.07, 6.45) is 0. The van der Waals surface area contributed by atoms with Gasteiger partial charge in [-0.15, -0.1) is 11.3 Å². The van der Waals surface area contributed by atoms with E-state index < -0.39 is 0 Å². The molecule has 3 nitrogen and oxygen atoms in total. The first-order chi connectivity index (χ1) is 8.67. The molecule has 0 saturated carbocycles. The third-order valence-corrected chi connectivity index (χ3v) is 3.79. The third kappa shape index (κ3) is 3.70. The molecule has 0 spiro atoms. The minimum Gasteiger partial charge on any atom is -0.465 e. The molecule has 2 rings (SSSR count). The van der Waals surface area contributed by atoms with Crippen molar-refractivity contribution >= 4 is 11.3 Å². The molecule has 2 heterocycles. The van der Waals surface area contributed by atoms with Gasteiger partial charge in [-0.25, -0.2) is 0 Å². The molecular weight excluding hydrogens is 244 g/mol. The SMILES string of the molecule is CNCc1ccc(CN(C)Cc2ccc(C)o2)s1. The van der Waals surface area contributed by atoms with Crippen molar-refractivity contribution < 1.29 is 4.42 Å². The Bertz CT molecular complexity index is 489. The van der Waals surface area contributed by atoms with Gasteiger partial charge in [0.25, 0.3) is 0 Å². The van der Waals surface area contributed by atoms with Crippen LogP contribution < -0.4 is 5.32 Å². The standard InChI is InChI=1S/C14H20N2OS/c1-11-4-5-12(17-11)9-16(3)10-14-7-6-13(18-14)8-15-2/h4-7,15H,8-10H2,1-3H3. The zero-order chi connectivity index (χ0) is 13.0. The Balaban J connectivity index is 1.88. The smallest absolute Gasteiger partial charge is 0.118 e. The first kappa shape index (κ1) is 13.3. The summed E-state index contributed by atoms with van der Waals surface area (Å²) in [5.74, 6) is 2.01. The van der Waals surface area contributed by atoms with Crippen molar-refractivity contribution in [2.45, 2.75) is 26.6 Å². The number of hydrogen-bond donors (Lipinski definition) is 1. The lowest BCUT2D eigenvalue weighted by Gasteiger charge is -2.13. The van der Waals surface area contributed by atoms with Crippen molar-refractivity contribution in [2.24, 2.45) is 0 Å². The van der Waals surface area contributed by atoms with E-state index in [1.54, 1.807) is 0 Å². The molecule has 0 atom stereocenters. The minimum absolute atomic E-state index is 0.854. The Morgan fingerprint density at radius 3 is 2.61 bits per heavy atom. The number of rotatable bonds is 6. The molecule has 0 amide bonds. The van der Waals surface area contributed by atoms with Gasteiger partial charge in [0.15, 0.2) is 0 Å². The van der Waals surface area contributed by atoms with Crippen molar-refractivity contribution in [2.75, 3.05) is 14.1 Å². The van der Waals surface area contributed by atoms with Crippen LogP contribution >= 0.6 is 11.3 Å². The van der Waals surface area contributed by atoms with E-state index >= 15 is 0 Å². The maximum absolute atomic E-state index is 5.59. The van der Waals surface area contributed by atoms with Crippen LogP contribution in [0.2, 0.25) is 0 Å². The lowest BCUT2D eigenvalue weighted by Crippen LogP contribution is -2.16. The van der Waals surface area contributed by atoms with E-state index in [1.165, 1.54) is 9.75 Å². The molecule has 1 N–H and O–H groups in total. The van der Waals surface area contributed by atoms with Gasteiger partial charge in [-0.2, -0.15) is 0 Å². The highest BCUT2D eigenvalue weighted by Gasteiger charge is 2.06. The zero-order valence-electron chi connectivity index (χ0n) is 11.2. The zero-order valence-corrected chi connectivity index (χ0v) is 12.0. The van der Waals surface area contributed by atoms with E-state index in [0.29, 0.717) is 0 Å². The number of aryl methyl sites for hydroxylation is 1. The van der Waals surface area contributed by atoms with E-state index in [-0.39, 0.29) is 0 Å². The molecule has 0 saturated heterocycles. The van der Waals surface area contributed by atoms with Gasteiger partial charge in [0, 0.05) is 22.8 Å². The predicted molar refractivity (Wildman–Crippen MR) is 75.7 cm³/mol. The quantitative estimate of drug-likeness (QED) is 0.869. The van der Waals surface area contributed by atoms with Crippen LogP contribution in [0, 0.1) is 6.92 Å². The van der Waals surface area contributed by atoms with Crippen molar-refractivity contribution in [3.8, 4) is 0 Å². The lowest BCUT2D eigenvalue weighted by atomic mass is 10.3. The van der Waals surface area contributed by atoms with Crippen LogP contribution in [0.3, 0.4) is 0 Å². The molecule has 0 aliphatic rings. The summed E-state index contributed by atoms with van der Waals surface area (Å²) in [4.78, 5) is 5.05. The largest absolute Gasteiger partial charge is 0.465 e. The fourth-order valence-corrected chi connectivity index (χ4v) is 3.04. The predicted octanol–water partition coefficient (Wildman–Crippen LogP) is 3.00. The minimum atomic E-state index is 0.854. The van der Waals surface area contributed by atoms with Gasteiger partial charge in [0.2, 0.25) is 0 Å². The molecule has 2 aromatic rings. The molecule has 2 aromatic heterocycles. The summed E-state index contributed by atoms with van der Waals surface area (Å²) in [5.41, 5.74) is 0. The number of thiophene rings is 1. The summed E-state index contributed by atoms with van der Waals surface area (Å²) in [6.45, 7) is 4.75. The van der Waals surface area contributed by atoms with E-state index in [0.717, 1.165) is 31.2 Å². The van der Waals surface area contributed by atoms with E-state index in [9.17, 15) is 0 Å². The van der Waals surface area contributed by atoms with Crippen LogP contribution in [0.4, 0.5) is 0 Å². The highest BCUT2D eigenvalue weighted by atomic mass is 32.1. The van der Waals surface area contributed by atoms with E-state index in [4.69, 9.17) is 4.42 Å². The highest BCUT2D eigenvalue weighted by Crippen LogP contribution is 2.19. The van der Waals surface area contributed by atoms with Crippen molar-refractivity contribution in [3.63, 3.8) is 0 Å². The fraction of sp³-hybridized carbons (Fsp3) is 0.429. The molecule has 0 unspecified atom stereocenters. The van der Waals surface area contributed by atoms with Crippen LogP contribution in [-0.2, 0) is 19.6 Å². The average molecular weight is 264 g/mol. The molecule has 0 bridgehead atoms. The number of nitrogens with one attached hydrogen (secondary N) is 1. The number of nitrogens with zero attached hydrogens (tertiary/aromatic N) is 1. The topological polar surface area (TPSA) is 28.4 Å². The fourth-order valence-electron chi connectivity index (χ4n) is 1.93. The van der Waals surface area contributed by atoms with Gasteiger partial charge >= 0.3 is 0 Å². The second-order valence-electron chi connectivity index (χ2n) is 4.58. The maximum atomic E-state index is 5.59. The lowest BCUT2D eigenvalue weighted by molar-refractivity contribution is 0.287. The van der Waals surface area contributed by atoms with E-state index in [2.05, 4.69) is 29.4 Å². The van der Waals surface area contributed by atoms with Gasteiger partial charge in [-0.05, 0) is 45.3 Å². The number of hydrogen-bond acceptors (Lipinski definition) is 4. The molecular formula is C14H20N2OS. The van der Waals surface area contributed by atoms with Crippen LogP contribution in [0.5, 0.6) is 0 Å². The van der Waals surface area contributed by atoms with Crippen LogP contribution in [0.15, 0.2) is 28.7 Å². The molecule has 0 aromatic carbocycles.